The Morgan fingerprint density at radius 2 is 1.81 bits per heavy atom. The van der Waals surface area contributed by atoms with Crippen molar-refractivity contribution in [1.82, 2.24) is 5.32 Å². The second-order valence-corrected chi connectivity index (χ2v) is 6.15. The Kier molecular flexibility index (Phi) is 8.61. The SMILES string of the molecule is CC[C@@H](C)[C@H](NC(=O)COC(=O)COc1ccc(C)c(C)c1)C(=O)OC. The van der Waals surface area contributed by atoms with E-state index in [1.807, 2.05) is 39.8 Å². The average molecular weight is 365 g/mol. The van der Waals surface area contributed by atoms with Crippen LogP contribution in [-0.2, 0) is 23.9 Å². The van der Waals surface area contributed by atoms with Crippen LogP contribution in [0.15, 0.2) is 18.2 Å². The van der Waals surface area contributed by atoms with Crippen LogP contribution in [0.5, 0.6) is 5.75 Å². The maximum absolute atomic E-state index is 11.9. The highest BCUT2D eigenvalue weighted by atomic mass is 16.6. The molecule has 1 amide bonds. The molecule has 1 aromatic rings. The van der Waals surface area contributed by atoms with Gasteiger partial charge in [-0.05, 0) is 43.0 Å². The standard InChI is InChI=1S/C19H27NO6/c1-6-12(2)18(19(23)24-5)20-16(21)10-26-17(22)11-25-15-8-7-13(3)14(4)9-15/h7-9,12,18H,6,10-11H2,1-5H3,(H,20,21)/t12-,18+/m1/s1. The summed E-state index contributed by atoms with van der Waals surface area (Å²) < 4.78 is 14.9. The highest BCUT2D eigenvalue weighted by molar-refractivity contribution is 5.86. The lowest BCUT2D eigenvalue weighted by Crippen LogP contribution is -2.47. The number of benzene rings is 1. The summed E-state index contributed by atoms with van der Waals surface area (Å²) in [5.41, 5.74) is 2.17. The summed E-state index contributed by atoms with van der Waals surface area (Å²) in [5.74, 6) is -1.32. The number of carbonyl (C=O) groups is 3. The van der Waals surface area contributed by atoms with Gasteiger partial charge in [-0.1, -0.05) is 26.3 Å². The van der Waals surface area contributed by atoms with Gasteiger partial charge in [0.2, 0.25) is 0 Å². The molecule has 0 spiro atoms. The summed E-state index contributed by atoms with van der Waals surface area (Å²) in [6.07, 6.45) is 0.684. The zero-order valence-electron chi connectivity index (χ0n) is 16.0. The molecule has 0 aliphatic rings. The van der Waals surface area contributed by atoms with E-state index in [0.717, 1.165) is 11.1 Å². The van der Waals surface area contributed by atoms with Gasteiger partial charge in [-0.3, -0.25) is 4.79 Å². The van der Waals surface area contributed by atoms with Gasteiger partial charge < -0.3 is 19.5 Å². The maximum atomic E-state index is 11.9. The van der Waals surface area contributed by atoms with Crippen LogP contribution in [0.2, 0.25) is 0 Å². The highest BCUT2D eigenvalue weighted by Gasteiger charge is 2.26. The summed E-state index contributed by atoms with van der Waals surface area (Å²) in [5, 5.41) is 2.53. The third-order valence-corrected chi connectivity index (χ3v) is 4.18. The van der Waals surface area contributed by atoms with E-state index < -0.39 is 30.5 Å². The van der Waals surface area contributed by atoms with Crippen molar-refractivity contribution in [1.29, 1.82) is 0 Å². The van der Waals surface area contributed by atoms with Crippen molar-refractivity contribution >= 4 is 17.8 Å². The van der Waals surface area contributed by atoms with Crippen LogP contribution in [0.1, 0.15) is 31.4 Å². The van der Waals surface area contributed by atoms with E-state index in [-0.39, 0.29) is 12.5 Å². The van der Waals surface area contributed by atoms with E-state index in [4.69, 9.17) is 9.47 Å². The van der Waals surface area contributed by atoms with Crippen molar-refractivity contribution in [3.63, 3.8) is 0 Å². The van der Waals surface area contributed by atoms with Crippen molar-refractivity contribution < 1.29 is 28.6 Å². The molecular weight excluding hydrogens is 338 g/mol. The first-order valence-electron chi connectivity index (χ1n) is 8.51. The van der Waals surface area contributed by atoms with E-state index >= 15 is 0 Å². The number of amides is 1. The second kappa shape index (κ2) is 10.4. The Bertz CT molecular complexity index is 643. The van der Waals surface area contributed by atoms with Gasteiger partial charge in [0.15, 0.2) is 13.2 Å². The highest BCUT2D eigenvalue weighted by Crippen LogP contribution is 2.16. The van der Waals surface area contributed by atoms with Crippen molar-refractivity contribution in [3.8, 4) is 5.75 Å². The number of ether oxygens (including phenoxy) is 3. The van der Waals surface area contributed by atoms with Gasteiger partial charge in [-0.15, -0.1) is 0 Å². The monoisotopic (exact) mass is 365 g/mol. The van der Waals surface area contributed by atoms with E-state index in [1.165, 1.54) is 7.11 Å². The molecule has 1 N–H and O–H groups in total. The van der Waals surface area contributed by atoms with Crippen molar-refractivity contribution in [3.05, 3.63) is 29.3 Å². The number of aryl methyl sites for hydroxylation is 2. The van der Waals surface area contributed by atoms with Crippen LogP contribution in [0.3, 0.4) is 0 Å². The van der Waals surface area contributed by atoms with E-state index in [0.29, 0.717) is 12.2 Å². The zero-order valence-corrected chi connectivity index (χ0v) is 16.0. The lowest BCUT2D eigenvalue weighted by molar-refractivity contribution is -0.152. The lowest BCUT2D eigenvalue weighted by atomic mass is 9.99. The largest absolute Gasteiger partial charge is 0.482 e. The molecule has 0 aliphatic heterocycles. The molecule has 0 aromatic heterocycles. The number of hydrogen-bond donors (Lipinski definition) is 1. The zero-order chi connectivity index (χ0) is 19.7. The molecule has 1 rings (SSSR count). The normalized spacial score (nSPS) is 12.7. The van der Waals surface area contributed by atoms with Gasteiger partial charge in [0.05, 0.1) is 7.11 Å². The summed E-state index contributed by atoms with van der Waals surface area (Å²) >= 11 is 0. The number of methoxy groups -OCH3 is 1. The number of carbonyl (C=O) groups excluding carboxylic acids is 3. The Balaban J connectivity index is 2.44. The number of esters is 2. The minimum atomic E-state index is -0.775. The third kappa shape index (κ3) is 6.74. The van der Waals surface area contributed by atoms with Gasteiger partial charge in [-0.2, -0.15) is 0 Å². The molecule has 0 saturated carbocycles. The molecule has 0 heterocycles. The van der Waals surface area contributed by atoms with Gasteiger partial charge in [0, 0.05) is 0 Å². The molecule has 0 aliphatic carbocycles. The van der Waals surface area contributed by atoms with Gasteiger partial charge in [0.1, 0.15) is 11.8 Å². The van der Waals surface area contributed by atoms with Crippen LogP contribution in [0.4, 0.5) is 0 Å². The minimum Gasteiger partial charge on any atom is -0.482 e. The van der Waals surface area contributed by atoms with Gasteiger partial charge >= 0.3 is 11.9 Å². The Morgan fingerprint density at radius 1 is 1.12 bits per heavy atom. The molecule has 0 unspecified atom stereocenters. The van der Waals surface area contributed by atoms with Crippen LogP contribution in [-0.4, -0.2) is 44.2 Å². The Hall–Kier alpha value is -2.57. The second-order valence-electron chi connectivity index (χ2n) is 6.15. The summed E-state index contributed by atoms with van der Waals surface area (Å²) in [6.45, 7) is 6.86. The Morgan fingerprint density at radius 3 is 2.38 bits per heavy atom. The first-order valence-corrected chi connectivity index (χ1v) is 8.51. The summed E-state index contributed by atoms with van der Waals surface area (Å²) in [7, 11) is 1.26. The first-order chi connectivity index (χ1) is 12.3. The van der Waals surface area contributed by atoms with E-state index in [1.54, 1.807) is 6.07 Å². The predicted octanol–water partition coefficient (Wildman–Crippen LogP) is 1.93. The van der Waals surface area contributed by atoms with Crippen LogP contribution >= 0.6 is 0 Å². The van der Waals surface area contributed by atoms with Crippen molar-refractivity contribution in [2.24, 2.45) is 5.92 Å². The molecule has 0 saturated heterocycles. The number of rotatable bonds is 9. The minimum absolute atomic E-state index is 0.102. The summed E-state index contributed by atoms with van der Waals surface area (Å²) in [6, 6.07) is 4.70. The molecule has 7 heteroatoms. The van der Waals surface area contributed by atoms with Crippen LogP contribution in [0, 0.1) is 19.8 Å². The van der Waals surface area contributed by atoms with E-state index in [9.17, 15) is 14.4 Å². The average Bonchev–Trinajstić information content (AvgIpc) is 2.64. The Labute approximate surface area is 154 Å². The lowest BCUT2D eigenvalue weighted by Gasteiger charge is -2.21. The molecule has 26 heavy (non-hydrogen) atoms. The van der Waals surface area contributed by atoms with Crippen molar-refractivity contribution in [2.45, 2.75) is 40.2 Å². The summed E-state index contributed by atoms with van der Waals surface area (Å²) in [4.78, 5) is 35.4. The predicted molar refractivity (Wildman–Crippen MR) is 95.8 cm³/mol. The fraction of sp³-hybridized carbons (Fsp3) is 0.526. The van der Waals surface area contributed by atoms with Crippen LogP contribution < -0.4 is 10.1 Å². The molecule has 1 aromatic carbocycles. The van der Waals surface area contributed by atoms with Gasteiger partial charge in [-0.25, -0.2) is 9.59 Å². The molecule has 2 atom stereocenters. The van der Waals surface area contributed by atoms with Gasteiger partial charge in [0.25, 0.3) is 5.91 Å². The number of nitrogens with one attached hydrogen (secondary N) is 1. The molecule has 7 nitrogen and oxygen atoms in total. The van der Waals surface area contributed by atoms with Crippen molar-refractivity contribution in [2.75, 3.05) is 20.3 Å². The quantitative estimate of drug-likeness (QED) is 0.673. The molecule has 0 radical (unpaired) electrons. The maximum Gasteiger partial charge on any atom is 0.344 e. The smallest absolute Gasteiger partial charge is 0.344 e. The van der Waals surface area contributed by atoms with E-state index in [2.05, 4.69) is 10.1 Å². The third-order valence-electron chi connectivity index (χ3n) is 4.18. The number of hydrogen-bond acceptors (Lipinski definition) is 6. The van der Waals surface area contributed by atoms with Crippen LogP contribution in [0.25, 0.3) is 0 Å². The topological polar surface area (TPSA) is 90.9 Å². The first kappa shape index (κ1) is 21.5. The fourth-order valence-corrected chi connectivity index (χ4v) is 2.14. The molecule has 0 bridgehead atoms. The fourth-order valence-electron chi connectivity index (χ4n) is 2.14. The molecule has 144 valence electrons. The molecule has 0 fully saturated rings. The molecular formula is C19H27NO6.